The molecule has 0 amide bonds. The lowest BCUT2D eigenvalue weighted by molar-refractivity contribution is 0.596. The van der Waals surface area contributed by atoms with Crippen molar-refractivity contribution >= 4 is 20.7 Å². The van der Waals surface area contributed by atoms with Crippen LogP contribution in [0.2, 0.25) is 0 Å². The van der Waals surface area contributed by atoms with Crippen LogP contribution in [0.15, 0.2) is 94.7 Å². The van der Waals surface area contributed by atoms with E-state index < -0.39 is 9.84 Å². The van der Waals surface area contributed by atoms with E-state index in [-0.39, 0.29) is 0 Å². The van der Waals surface area contributed by atoms with Gasteiger partial charge in [0.15, 0.2) is 0 Å². The molecule has 4 aromatic rings. The largest absolute Gasteiger partial charge is 0.344 e. The number of aryl methyl sites for hydroxylation is 1. The van der Waals surface area contributed by atoms with Crippen LogP contribution in [0, 0.1) is 0 Å². The van der Waals surface area contributed by atoms with Gasteiger partial charge in [0.2, 0.25) is 9.84 Å². The van der Waals surface area contributed by atoms with Gasteiger partial charge in [0, 0.05) is 23.6 Å². The number of hydrogen-bond acceptors (Lipinski definition) is 2. The number of nitrogens with zero attached hydrogens (tertiary/aromatic N) is 1. The van der Waals surface area contributed by atoms with Crippen molar-refractivity contribution < 1.29 is 8.42 Å². The summed E-state index contributed by atoms with van der Waals surface area (Å²) in [5.74, 6) is 0. The average Bonchev–Trinajstić information content (AvgIpc) is 2.99. The van der Waals surface area contributed by atoms with E-state index in [9.17, 15) is 8.42 Å². The zero-order valence-corrected chi connectivity index (χ0v) is 14.6. The van der Waals surface area contributed by atoms with Gasteiger partial charge in [-0.1, -0.05) is 48.5 Å². The van der Waals surface area contributed by atoms with E-state index in [0.717, 1.165) is 22.2 Å². The van der Waals surface area contributed by atoms with Crippen LogP contribution in [0.25, 0.3) is 22.2 Å². The van der Waals surface area contributed by atoms with Crippen molar-refractivity contribution in [1.29, 1.82) is 0 Å². The molecule has 3 nitrogen and oxygen atoms in total. The Bertz CT molecular complexity index is 1140. The van der Waals surface area contributed by atoms with Gasteiger partial charge in [0.1, 0.15) is 0 Å². The molecule has 3 aromatic carbocycles. The second-order valence-electron chi connectivity index (χ2n) is 5.99. The van der Waals surface area contributed by atoms with E-state index >= 15 is 0 Å². The summed E-state index contributed by atoms with van der Waals surface area (Å²) in [7, 11) is -1.51. The lowest BCUT2D eigenvalue weighted by Crippen LogP contribution is -2.01. The summed E-state index contributed by atoms with van der Waals surface area (Å²) < 4.78 is 27.8. The SMILES string of the molecule is Cn1c(-c2ccccc2)cc2cc(S(=O)(=O)c3ccccc3)ccc21. The highest BCUT2D eigenvalue weighted by molar-refractivity contribution is 7.91. The van der Waals surface area contributed by atoms with E-state index in [1.807, 2.05) is 43.4 Å². The van der Waals surface area contributed by atoms with Crippen LogP contribution in [0.3, 0.4) is 0 Å². The van der Waals surface area contributed by atoms with Gasteiger partial charge in [-0.25, -0.2) is 8.42 Å². The van der Waals surface area contributed by atoms with Gasteiger partial charge >= 0.3 is 0 Å². The van der Waals surface area contributed by atoms with E-state index in [1.54, 1.807) is 36.4 Å². The highest BCUT2D eigenvalue weighted by atomic mass is 32.2. The zero-order chi connectivity index (χ0) is 17.4. The number of hydrogen-bond donors (Lipinski definition) is 0. The van der Waals surface area contributed by atoms with Crippen molar-refractivity contribution in [3.63, 3.8) is 0 Å². The molecule has 4 heteroatoms. The Kier molecular flexibility index (Phi) is 3.70. The van der Waals surface area contributed by atoms with E-state index in [0.29, 0.717) is 9.79 Å². The molecular formula is C21H17NO2S. The maximum atomic E-state index is 12.8. The molecular weight excluding hydrogens is 330 g/mol. The molecule has 0 fully saturated rings. The normalized spacial score (nSPS) is 11.7. The van der Waals surface area contributed by atoms with Gasteiger partial charge in [-0.15, -0.1) is 0 Å². The van der Waals surface area contributed by atoms with Crippen molar-refractivity contribution in [2.45, 2.75) is 9.79 Å². The summed E-state index contributed by atoms with van der Waals surface area (Å²) in [6.07, 6.45) is 0. The molecule has 25 heavy (non-hydrogen) atoms. The Balaban J connectivity index is 1.87. The maximum Gasteiger partial charge on any atom is 0.206 e. The Morgan fingerprint density at radius 1 is 0.720 bits per heavy atom. The van der Waals surface area contributed by atoms with Crippen molar-refractivity contribution in [1.82, 2.24) is 4.57 Å². The van der Waals surface area contributed by atoms with Crippen LogP contribution in [0.5, 0.6) is 0 Å². The minimum Gasteiger partial charge on any atom is -0.344 e. The van der Waals surface area contributed by atoms with Crippen molar-refractivity contribution in [3.8, 4) is 11.3 Å². The molecule has 4 rings (SSSR count). The lowest BCUT2D eigenvalue weighted by atomic mass is 10.1. The number of sulfone groups is 1. The molecule has 124 valence electrons. The van der Waals surface area contributed by atoms with E-state index in [4.69, 9.17) is 0 Å². The van der Waals surface area contributed by atoms with Crippen molar-refractivity contribution in [3.05, 3.63) is 84.9 Å². The molecule has 0 unspecified atom stereocenters. The van der Waals surface area contributed by atoms with Gasteiger partial charge in [0.05, 0.1) is 9.79 Å². The molecule has 0 bridgehead atoms. The first-order valence-electron chi connectivity index (χ1n) is 8.02. The van der Waals surface area contributed by atoms with Crippen LogP contribution in [0.1, 0.15) is 0 Å². The number of fused-ring (bicyclic) bond motifs is 1. The third-order valence-corrected chi connectivity index (χ3v) is 6.21. The molecule has 0 atom stereocenters. The molecule has 0 N–H and O–H groups in total. The Morgan fingerprint density at radius 3 is 2.04 bits per heavy atom. The Hall–Kier alpha value is -2.85. The molecule has 0 aliphatic carbocycles. The first kappa shape index (κ1) is 15.7. The monoisotopic (exact) mass is 347 g/mol. The summed E-state index contributed by atoms with van der Waals surface area (Å²) in [6.45, 7) is 0. The lowest BCUT2D eigenvalue weighted by Gasteiger charge is -2.06. The second-order valence-corrected chi connectivity index (χ2v) is 7.94. The predicted molar refractivity (Wildman–Crippen MR) is 100 cm³/mol. The van der Waals surface area contributed by atoms with Crippen LogP contribution in [-0.4, -0.2) is 13.0 Å². The minimum absolute atomic E-state index is 0.313. The zero-order valence-electron chi connectivity index (χ0n) is 13.8. The molecule has 0 radical (unpaired) electrons. The molecule has 0 saturated carbocycles. The topological polar surface area (TPSA) is 39.1 Å². The Morgan fingerprint density at radius 2 is 1.36 bits per heavy atom. The minimum atomic E-state index is -3.51. The van der Waals surface area contributed by atoms with Crippen molar-refractivity contribution in [2.75, 3.05) is 0 Å². The number of benzene rings is 3. The molecule has 0 aliphatic rings. The van der Waals surface area contributed by atoms with Gasteiger partial charge in [-0.3, -0.25) is 0 Å². The van der Waals surface area contributed by atoms with Gasteiger partial charge < -0.3 is 4.57 Å². The van der Waals surface area contributed by atoms with Crippen LogP contribution >= 0.6 is 0 Å². The summed E-state index contributed by atoms with van der Waals surface area (Å²) in [4.78, 5) is 0.630. The highest BCUT2D eigenvalue weighted by Gasteiger charge is 2.18. The second kappa shape index (κ2) is 5.90. The predicted octanol–water partition coefficient (Wildman–Crippen LogP) is 4.68. The summed E-state index contributed by atoms with van der Waals surface area (Å²) in [5.41, 5.74) is 3.17. The standard InChI is InChI=1S/C21H17NO2S/c1-22-20-13-12-19(25(23,24)18-10-6-3-7-11-18)14-17(20)15-21(22)16-8-4-2-5-9-16/h2-15H,1H3. The summed E-state index contributed by atoms with van der Waals surface area (Å²) >= 11 is 0. The van der Waals surface area contributed by atoms with E-state index in [1.165, 1.54) is 0 Å². The van der Waals surface area contributed by atoms with Gasteiger partial charge in [0.25, 0.3) is 0 Å². The summed E-state index contributed by atoms with van der Waals surface area (Å²) in [5, 5.41) is 0.915. The van der Waals surface area contributed by atoms with E-state index in [2.05, 4.69) is 16.7 Å². The molecule has 0 saturated heterocycles. The molecule has 1 aromatic heterocycles. The van der Waals surface area contributed by atoms with Gasteiger partial charge in [-0.2, -0.15) is 0 Å². The molecule has 0 aliphatic heterocycles. The fourth-order valence-corrected chi connectivity index (χ4v) is 4.43. The fraction of sp³-hybridized carbons (Fsp3) is 0.0476. The van der Waals surface area contributed by atoms with Crippen LogP contribution in [-0.2, 0) is 16.9 Å². The Labute approximate surface area is 147 Å². The number of aromatic nitrogens is 1. The third-order valence-electron chi connectivity index (χ3n) is 4.45. The third kappa shape index (κ3) is 2.65. The average molecular weight is 347 g/mol. The maximum absolute atomic E-state index is 12.8. The summed E-state index contributed by atoms with van der Waals surface area (Å²) in [6, 6.07) is 26.0. The van der Waals surface area contributed by atoms with Gasteiger partial charge in [-0.05, 0) is 42.0 Å². The molecule has 0 spiro atoms. The smallest absolute Gasteiger partial charge is 0.206 e. The van der Waals surface area contributed by atoms with Crippen molar-refractivity contribution in [2.24, 2.45) is 7.05 Å². The highest BCUT2D eigenvalue weighted by Crippen LogP contribution is 2.30. The fourth-order valence-electron chi connectivity index (χ4n) is 3.12. The first-order valence-corrected chi connectivity index (χ1v) is 9.51. The molecule has 1 heterocycles. The van der Waals surface area contributed by atoms with Crippen LogP contribution < -0.4 is 0 Å². The quantitative estimate of drug-likeness (QED) is 0.540. The van der Waals surface area contributed by atoms with Crippen LogP contribution in [0.4, 0.5) is 0 Å². The number of rotatable bonds is 3. The first-order chi connectivity index (χ1) is 12.1.